The Bertz CT molecular complexity index is 420. The lowest BCUT2D eigenvalue weighted by Gasteiger charge is -2.54. The van der Waals surface area contributed by atoms with E-state index in [1.807, 2.05) is 6.20 Å². The van der Waals surface area contributed by atoms with Gasteiger partial charge < -0.3 is 5.73 Å². The predicted molar refractivity (Wildman–Crippen MR) is 70.9 cm³/mol. The van der Waals surface area contributed by atoms with E-state index in [1.54, 1.807) is 0 Å². The van der Waals surface area contributed by atoms with Gasteiger partial charge in [0, 0.05) is 12.2 Å². The molecule has 0 amide bonds. The smallest absolute Gasteiger partial charge is 0.0579 e. The maximum absolute atomic E-state index is 6.09. The van der Waals surface area contributed by atoms with Gasteiger partial charge in [0.25, 0.3) is 0 Å². The molecule has 3 heteroatoms. The summed E-state index contributed by atoms with van der Waals surface area (Å²) in [4.78, 5) is 0. The minimum atomic E-state index is 0.102. The largest absolute Gasteiger partial charge is 0.323 e. The number of hydrogen-bond acceptors (Lipinski definition) is 2. The maximum Gasteiger partial charge on any atom is 0.0579 e. The highest BCUT2D eigenvalue weighted by Crippen LogP contribution is 2.58. The van der Waals surface area contributed by atoms with Crippen LogP contribution in [-0.4, -0.2) is 9.78 Å². The molecule has 1 aromatic heterocycles. The molecule has 4 aliphatic rings. The molecule has 98 valence electrons. The lowest BCUT2D eigenvalue weighted by atomic mass is 9.54. The molecule has 1 aromatic rings. The van der Waals surface area contributed by atoms with Crippen molar-refractivity contribution in [2.45, 2.75) is 51.1 Å². The fourth-order valence-electron chi connectivity index (χ4n) is 5.23. The van der Waals surface area contributed by atoms with E-state index in [0.717, 1.165) is 23.7 Å². The van der Waals surface area contributed by atoms with Gasteiger partial charge in [0.2, 0.25) is 0 Å². The zero-order valence-electron chi connectivity index (χ0n) is 11.1. The van der Waals surface area contributed by atoms with Crippen LogP contribution in [0.5, 0.6) is 0 Å². The van der Waals surface area contributed by atoms with Crippen LogP contribution in [0.25, 0.3) is 0 Å². The molecule has 0 aromatic carbocycles. The first-order chi connectivity index (χ1) is 8.72. The van der Waals surface area contributed by atoms with Crippen molar-refractivity contribution in [3.63, 3.8) is 0 Å². The van der Waals surface area contributed by atoms with E-state index in [0.29, 0.717) is 6.04 Å². The molecule has 2 N–H and O–H groups in total. The highest BCUT2D eigenvalue weighted by Gasteiger charge is 2.49. The Labute approximate surface area is 109 Å². The first-order valence-electron chi connectivity index (χ1n) is 7.51. The molecule has 0 spiro atoms. The van der Waals surface area contributed by atoms with Gasteiger partial charge in [-0.3, -0.25) is 4.68 Å². The Morgan fingerprint density at radius 2 is 1.78 bits per heavy atom. The summed E-state index contributed by atoms with van der Waals surface area (Å²) < 4.78 is 2.29. The summed E-state index contributed by atoms with van der Waals surface area (Å²) in [6.45, 7) is 2.07. The number of aromatic nitrogens is 2. The van der Waals surface area contributed by atoms with Gasteiger partial charge in [-0.2, -0.15) is 5.10 Å². The average Bonchev–Trinajstić information content (AvgIpc) is 2.76. The second kappa shape index (κ2) is 3.83. The van der Waals surface area contributed by atoms with Crippen LogP contribution in [0, 0.1) is 23.7 Å². The Kier molecular flexibility index (Phi) is 2.35. The number of hydrogen-bond donors (Lipinski definition) is 1. The fraction of sp³-hybridized carbons (Fsp3) is 0.800. The molecular formula is C15H23N3. The molecule has 4 fully saturated rings. The first-order valence-corrected chi connectivity index (χ1v) is 7.51. The second-order valence-corrected chi connectivity index (χ2v) is 6.91. The molecule has 4 bridgehead atoms. The van der Waals surface area contributed by atoms with Crippen LogP contribution in [-0.2, 0) is 0 Å². The van der Waals surface area contributed by atoms with E-state index < -0.39 is 0 Å². The van der Waals surface area contributed by atoms with Gasteiger partial charge in [-0.05, 0) is 68.8 Å². The van der Waals surface area contributed by atoms with Crippen LogP contribution < -0.4 is 5.73 Å². The van der Waals surface area contributed by atoms with Gasteiger partial charge in [0.05, 0.1) is 11.7 Å². The molecule has 3 nitrogen and oxygen atoms in total. The third-order valence-electron chi connectivity index (χ3n) is 5.63. The number of nitrogens with two attached hydrogens (primary N) is 1. The summed E-state index contributed by atoms with van der Waals surface area (Å²) in [6, 6.07) is 2.86. The monoisotopic (exact) mass is 245 g/mol. The number of rotatable bonds is 2. The SMILES string of the molecule is CC(N)c1ccnn1C1C2CC3CC(C2)CC1C3. The molecule has 0 aliphatic heterocycles. The molecule has 0 radical (unpaired) electrons. The molecule has 18 heavy (non-hydrogen) atoms. The third-order valence-corrected chi connectivity index (χ3v) is 5.63. The summed E-state index contributed by atoms with van der Waals surface area (Å²) in [5.74, 6) is 3.80. The van der Waals surface area contributed by atoms with Crippen molar-refractivity contribution in [2.24, 2.45) is 29.4 Å². The van der Waals surface area contributed by atoms with Gasteiger partial charge in [0.1, 0.15) is 0 Å². The summed E-state index contributed by atoms with van der Waals surface area (Å²) >= 11 is 0. The number of nitrogens with zero attached hydrogens (tertiary/aromatic N) is 2. The van der Waals surface area contributed by atoms with Gasteiger partial charge in [-0.15, -0.1) is 0 Å². The molecule has 1 heterocycles. The van der Waals surface area contributed by atoms with Crippen molar-refractivity contribution in [1.82, 2.24) is 9.78 Å². The zero-order chi connectivity index (χ0) is 12.3. The highest BCUT2D eigenvalue weighted by atomic mass is 15.3. The van der Waals surface area contributed by atoms with E-state index in [4.69, 9.17) is 5.73 Å². The molecule has 1 unspecified atom stereocenters. The minimum absolute atomic E-state index is 0.102. The van der Waals surface area contributed by atoms with Gasteiger partial charge in [-0.1, -0.05) is 0 Å². The minimum Gasteiger partial charge on any atom is -0.323 e. The standard InChI is InChI=1S/C15H23N3/c1-9(16)14-2-3-17-18(14)15-12-5-10-4-11(7-12)8-13(15)6-10/h2-3,9-13,15H,4-8,16H2,1H3. The molecule has 0 saturated heterocycles. The van der Waals surface area contributed by atoms with E-state index in [9.17, 15) is 0 Å². The Morgan fingerprint density at radius 1 is 1.17 bits per heavy atom. The molecule has 1 atom stereocenters. The van der Waals surface area contributed by atoms with Crippen LogP contribution >= 0.6 is 0 Å². The lowest BCUT2D eigenvalue weighted by Crippen LogP contribution is -2.46. The summed E-state index contributed by atoms with van der Waals surface area (Å²) in [7, 11) is 0. The summed E-state index contributed by atoms with van der Waals surface area (Å²) in [6.07, 6.45) is 9.21. The van der Waals surface area contributed by atoms with Gasteiger partial charge in [0.15, 0.2) is 0 Å². The van der Waals surface area contributed by atoms with Crippen molar-refractivity contribution < 1.29 is 0 Å². The lowest BCUT2D eigenvalue weighted by molar-refractivity contribution is -0.0349. The van der Waals surface area contributed by atoms with Crippen molar-refractivity contribution in [1.29, 1.82) is 0 Å². The Morgan fingerprint density at radius 3 is 2.33 bits per heavy atom. The molecule has 4 aliphatic carbocycles. The van der Waals surface area contributed by atoms with Crippen molar-refractivity contribution in [3.8, 4) is 0 Å². The topological polar surface area (TPSA) is 43.8 Å². The Balaban J connectivity index is 1.70. The predicted octanol–water partition coefficient (Wildman–Crippen LogP) is 2.90. The van der Waals surface area contributed by atoms with E-state index in [2.05, 4.69) is 22.8 Å². The zero-order valence-corrected chi connectivity index (χ0v) is 11.1. The van der Waals surface area contributed by atoms with Crippen LogP contribution in [0.4, 0.5) is 0 Å². The van der Waals surface area contributed by atoms with Crippen LogP contribution in [0.15, 0.2) is 12.3 Å². The normalized spacial score (nSPS) is 43.3. The quantitative estimate of drug-likeness (QED) is 0.870. The van der Waals surface area contributed by atoms with Crippen LogP contribution in [0.2, 0.25) is 0 Å². The first kappa shape index (κ1) is 11.0. The molecule has 5 rings (SSSR count). The van der Waals surface area contributed by atoms with Crippen molar-refractivity contribution in [3.05, 3.63) is 18.0 Å². The van der Waals surface area contributed by atoms with E-state index in [1.165, 1.54) is 37.8 Å². The molecular weight excluding hydrogens is 222 g/mol. The fourth-order valence-corrected chi connectivity index (χ4v) is 5.23. The highest BCUT2D eigenvalue weighted by molar-refractivity contribution is 5.10. The van der Waals surface area contributed by atoms with E-state index in [-0.39, 0.29) is 6.04 Å². The third kappa shape index (κ3) is 1.49. The summed E-state index contributed by atoms with van der Waals surface area (Å²) in [5.41, 5.74) is 7.32. The summed E-state index contributed by atoms with van der Waals surface area (Å²) in [5, 5.41) is 4.62. The van der Waals surface area contributed by atoms with E-state index >= 15 is 0 Å². The maximum atomic E-state index is 6.09. The van der Waals surface area contributed by atoms with Crippen molar-refractivity contribution in [2.75, 3.05) is 0 Å². The van der Waals surface area contributed by atoms with Gasteiger partial charge >= 0.3 is 0 Å². The average molecular weight is 245 g/mol. The Hall–Kier alpha value is -0.830. The van der Waals surface area contributed by atoms with Gasteiger partial charge in [-0.25, -0.2) is 0 Å². The van der Waals surface area contributed by atoms with Crippen LogP contribution in [0.3, 0.4) is 0 Å². The molecule has 4 saturated carbocycles. The van der Waals surface area contributed by atoms with Crippen molar-refractivity contribution >= 4 is 0 Å². The second-order valence-electron chi connectivity index (χ2n) is 6.91. The van der Waals surface area contributed by atoms with Crippen LogP contribution in [0.1, 0.15) is 56.8 Å².